The van der Waals surface area contributed by atoms with Crippen LogP contribution in [-0.4, -0.2) is 47.6 Å². The Morgan fingerprint density at radius 2 is 2.06 bits per heavy atom. The smallest absolute Gasteiger partial charge is 0.254 e. The Kier molecular flexibility index (Phi) is 6.29. The van der Waals surface area contributed by atoms with Gasteiger partial charge in [0.2, 0.25) is 0 Å². The lowest BCUT2D eigenvalue weighted by Crippen LogP contribution is -2.31. The molecule has 4 rings (SSSR count). The number of hydrogen-bond acceptors (Lipinski definition) is 6. The maximum Gasteiger partial charge on any atom is 0.254 e. The summed E-state index contributed by atoms with van der Waals surface area (Å²) in [6.07, 6.45) is 3.13. The van der Waals surface area contributed by atoms with Gasteiger partial charge in [-0.25, -0.2) is 9.37 Å². The molecule has 0 saturated carbocycles. The first-order chi connectivity index (χ1) is 15.9. The number of aryl methyl sites for hydroxylation is 1. The molecule has 0 unspecified atom stereocenters. The molecule has 0 aliphatic carbocycles. The van der Waals surface area contributed by atoms with Gasteiger partial charge in [-0.3, -0.25) is 4.79 Å². The van der Waals surface area contributed by atoms with Crippen LogP contribution in [0.25, 0.3) is 22.5 Å². The number of aromatic nitrogens is 4. The van der Waals surface area contributed by atoms with Crippen LogP contribution in [0.5, 0.6) is 0 Å². The standard InChI is InChI=1S/C23H20FN6O2Si/c1-30-12-27-29-22(30)15-8-18(21(25)26-10-15)13-5-6-17(19(24)9-13)23(32)28-20(11-31)14-3-2-4-16(33)7-14/h2-10,12,20,31H,11H2,1H3,(H2,25,26)(H,28,32)/t20-/m1/s1. The monoisotopic (exact) mass is 459 g/mol. The first-order valence-corrected chi connectivity index (χ1v) is 10.5. The third-order valence-corrected chi connectivity index (χ3v) is 5.50. The number of benzene rings is 2. The van der Waals surface area contributed by atoms with Crippen LogP contribution in [0.4, 0.5) is 10.2 Å². The zero-order valence-electron chi connectivity index (χ0n) is 17.7. The number of halogens is 1. The maximum atomic E-state index is 15.0. The molecule has 1 amide bonds. The minimum atomic E-state index is -0.723. The molecule has 2 aromatic heterocycles. The fourth-order valence-electron chi connectivity index (χ4n) is 3.47. The molecule has 10 heteroatoms. The van der Waals surface area contributed by atoms with Crippen molar-refractivity contribution in [2.24, 2.45) is 7.05 Å². The summed E-state index contributed by atoms with van der Waals surface area (Å²) in [6.45, 7) is -0.335. The van der Waals surface area contributed by atoms with Crippen molar-refractivity contribution in [3.05, 3.63) is 78.0 Å². The molecule has 2 heterocycles. The SMILES string of the molecule is Cn1cnnc1-c1cnc(N)c(-c2ccc(C(=O)N[C@H](CO)c3cccc([Si])c3)c(F)c2)c1. The number of nitrogens with two attached hydrogens (primary N) is 1. The van der Waals surface area contributed by atoms with Crippen molar-refractivity contribution in [3.63, 3.8) is 0 Å². The van der Waals surface area contributed by atoms with E-state index in [0.717, 1.165) is 5.19 Å². The van der Waals surface area contributed by atoms with E-state index in [-0.39, 0.29) is 18.0 Å². The fourth-order valence-corrected chi connectivity index (χ4v) is 3.73. The third-order valence-electron chi connectivity index (χ3n) is 5.19. The molecule has 1 atom stereocenters. The lowest BCUT2D eigenvalue weighted by Gasteiger charge is -2.18. The van der Waals surface area contributed by atoms with Crippen LogP contribution in [0.3, 0.4) is 0 Å². The highest BCUT2D eigenvalue weighted by Crippen LogP contribution is 2.30. The first-order valence-electron chi connectivity index (χ1n) is 10.0. The number of nitrogens with zero attached hydrogens (tertiary/aromatic N) is 4. The predicted molar refractivity (Wildman–Crippen MR) is 123 cm³/mol. The summed E-state index contributed by atoms with van der Waals surface area (Å²) in [6, 6.07) is 12.4. The number of carbonyl (C=O) groups excluding carboxylic acids is 1. The second-order valence-electron chi connectivity index (χ2n) is 7.45. The average Bonchev–Trinajstić information content (AvgIpc) is 3.23. The predicted octanol–water partition coefficient (Wildman–Crippen LogP) is 1.52. The van der Waals surface area contributed by atoms with Crippen molar-refractivity contribution in [1.82, 2.24) is 25.1 Å². The van der Waals surface area contributed by atoms with Crippen LogP contribution in [0, 0.1) is 5.82 Å². The molecule has 3 radical (unpaired) electrons. The molecule has 0 fully saturated rings. The molecule has 0 spiro atoms. The Morgan fingerprint density at radius 3 is 2.73 bits per heavy atom. The number of nitrogens with one attached hydrogen (secondary N) is 1. The first kappa shape index (κ1) is 22.3. The lowest BCUT2D eigenvalue weighted by molar-refractivity contribution is 0.0912. The summed E-state index contributed by atoms with van der Waals surface area (Å²) in [5.41, 5.74) is 8.21. The van der Waals surface area contributed by atoms with Crippen LogP contribution in [0.1, 0.15) is 22.0 Å². The van der Waals surface area contributed by atoms with Gasteiger partial charge in [0.15, 0.2) is 5.82 Å². The van der Waals surface area contributed by atoms with Crippen LogP contribution in [0.2, 0.25) is 0 Å². The molecular weight excluding hydrogens is 439 g/mol. The number of amides is 1. The lowest BCUT2D eigenvalue weighted by atomic mass is 10.0. The fraction of sp³-hybridized carbons (Fsp3) is 0.130. The Bertz CT molecular complexity index is 1330. The number of pyridine rings is 1. The summed E-state index contributed by atoms with van der Waals surface area (Å²) in [7, 11) is 5.21. The number of aliphatic hydroxyl groups excluding tert-OH is 1. The molecule has 0 bridgehead atoms. The number of hydrogen-bond donors (Lipinski definition) is 3. The van der Waals surface area contributed by atoms with Crippen LogP contribution >= 0.6 is 0 Å². The van der Waals surface area contributed by atoms with Crippen LogP contribution in [-0.2, 0) is 7.05 Å². The Labute approximate surface area is 192 Å². The quantitative estimate of drug-likeness (QED) is 0.376. The van der Waals surface area contributed by atoms with Gasteiger partial charge < -0.3 is 20.7 Å². The minimum absolute atomic E-state index is 0.150. The summed E-state index contributed by atoms with van der Waals surface area (Å²) in [5.74, 6) is -0.564. The van der Waals surface area contributed by atoms with Gasteiger partial charge in [0, 0.05) is 24.4 Å². The highest BCUT2D eigenvalue weighted by molar-refractivity contribution is 6.32. The third kappa shape index (κ3) is 4.66. The van der Waals surface area contributed by atoms with Crippen molar-refractivity contribution in [3.8, 4) is 22.5 Å². The molecule has 165 valence electrons. The van der Waals surface area contributed by atoms with Crippen molar-refractivity contribution >= 4 is 27.2 Å². The maximum absolute atomic E-state index is 15.0. The molecule has 0 saturated heterocycles. The van der Waals surface area contributed by atoms with Crippen LogP contribution in [0.15, 0.2) is 61.1 Å². The molecule has 4 aromatic rings. The van der Waals surface area contributed by atoms with Crippen molar-refractivity contribution in [1.29, 1.82) is 0 Å². The van der Waals surface area contributed by atoms with E-state index in [2.05, 4.69) is 30.7 Å². The molecular formula is C23H20FN6O2Si. The number of carbonyl (C=O) groups is 1. The Balaban J connectivity index is 1.61. The minimum Gasteiger partial charge on any atom is -0.394 e. The molecule has 2 aromatic carbocycles. The Morgan fingerprint density at radius 1 is 1.24 bits per heavy atom. The van der Waals surface area contributed by atoms with E-state index in [1.807, 2.05) is 6.07 Å². The van der Waals surface area contributed by atoms with E-state index < -0.39 is 17.8 Å². The largest absolute Gasteiger partial charge is 0.394 e. The number of nitrogen functional groups attached to an aromatic ring is 1. The summed E-state index contributed by atoms with van der Waals surface area (Å²) >= 11 is 0. The van der Waals surface area contributed by atoms with Gasteiger partial charge in [0.05, 0.1) is 28.5 Å². The normalized spacial score (nSPS) is 11.9. The van der Waals surface area contributed by atoms with E-state index >= 15 is 0 Å². The van der Waals surface area contributed by atoms with E-state index in [9.17, 15) is 14.3 Å². The van der Waals surface area contributed by atoms with Gasteiger partial charge in [-0.2, -0.15) is 0 Å². The summed E-state index contributed by atoms with van der Waals surface area (Å²) in [4.78, 5) is 16.9. The van der Waals surface area contributed by atoms with Gasteiger partial charge in [-0.05, 0) is 29.3 Å². The zero-order chi connectivity index (χ0) is 23.5. The number of rotatable bonds is 6. The van der Waals surface area contributed by atoms with Crippen LogP contribution < -0.4 is 16.2 Å². The molecule has 8 nitrogen and oxygen atoms in total. The number of aliphatic hydroxyl groups is 1. The molecule has 4 N–H and O–H groups in total. The van der Waals surface area contributed by atoms with Crippen molar-refractivity contribution in [2.75, 3.05) is 12.3 Å². The summed E-state index contributed by atoms with van der Waals surface area (Å²) in [5, 5.41) is 21.1. The number of anilines is 1. The van der Waals surface area contributed by atoms with Crippen molar-refractivity contribution < 1.29 is 14.3 Å². The topological polar surface area (TPSA) is 119 Å². The van der Waals surface area contributed by atoms with Gasteiger partial charge in [-0.1, -0.05) is 35.5 Å². The van der Waals surface area contributed by atoms with Crippen molar-refractivity contribution in [2.45, 2.75) is 6.04 Å². The van der Waals surface area contributed by atoms with E-state index in [4.69, 9.17) is 5.73 Å². The average molecular weight is 460 g/mol. The zero-order valence-corrected chi connectivity index (χ0v) is 18.7. The van der Waals surface area contributed by atoms with Gasteiger partial charge in [0.25, 0.3) is 5.91 Å². The molecule has 33 heavy (non-hydrogen) atoms. The second-order valence-corrected chi connectivity index (χ2v) is 8.03. The summed E-state index contributed by atoms with van der Waals surface area (Å²) < 4.78 is 16.7. The van der Waals surface area contributed by atoms with Gasteiger partial charge in [0.1, 0.15) is 18.0 Å². The molecule has 0 aliphatic heterocycles. The molecule has 0 aliphatic rings. The van der Waals surface area contributed by atoms with Gasteiger partial charge in [-0.15, -0.1) is 10.2 Å². The highest BCUT2D eigenvalue weighted by atomic mass is 28.1. The Hall–Kier alpha value is -3.89. The van der Waals surface area contributed by atoms with E-state index in [0.29, 0.717) is 28.1 Å². The van der Waals surface area contributed by atoms with E-state index in [1.165, 1.54) is 12.1 Å². The second kappa shape index (κ2) is 9.31. The highest BCUT2D eigenvalue weighted by Gasteiger charge is 2.19. The van der Waals surface area contributed by atoms with E-state index in [1.54, 1.807) is 54.5 Å². The van der Waals surface area contributed by atoms with Gasteiger partial charge >= 0.3 is 0 Å².